The molecule has 3 nitrogen and oxygen atoms in total. The Hall–Kier alpha value is -1.56. The fourth-order valence-corrected chi connectivity index (χ4v) is 3.14. The van der Waals surface area contributed by atoms with Gasteiger partial charge in [0.2, 0.25) is 5.91 Å². The molecule has 0 unspecified atom stereocenters. The zero-order valence-electron chi connectivity index (χ0n) is 14.3. The lowest BCUT2D eigenvalue weighted by Crippen LogP contribution is -2.42. The molecule has 1 aromatic rings. The molecule has 0 N–H and O–H groups in total. The van der Waals surface area contributed by atoms with Gasteiger partial charge in [0, 0.05) is 20.6 Å². The summed E-state index contributed by atoms with van der Waals surface area (Å²) in [7, 11) is 3.49. The largest absolute Gasteiger partial charge is 0.416 e. The summed E-state index contributed by atoms with van der Waals surface area (Å²) in [6.45, 7) is 2.19. The lowest BCUT2D eigenvalue weighted by Gasteiger charge is -2.33. The summed E-state index contributed by atoms with van der Waals surface area (Å²) in [6.07, 6.45) is -0.679. The van der Waals surface area contributed by atoms with Gasteiger partial charge in [0.25, 0.3) is 0 Å². The number of amides is 1. The maximum Gasteiger partial charge on any atom is 0.416 e. The van der Waals surface area contributed by atoms with Crippen molar-refractivity contribution < 1.29 is 18.0 Å². The molecule has 1 aromatic carbocycles. The van der Waals surface area contributed by atoms with Crippen molar-refractivity contribution >= 4 is 5.91 Å². The number of halogens is 3. The normalized spacial score (nSPS) is 19.3. The van der Waals surface area contributed by atoms with Crippen LogP contribution in [0.15, 0.2) is 24.3 Å². The highest BCUT2D eigenvalue weighted by atomic mass is 19.4. The first-order chi connectivity index (χ1) is 11.3. The van der Waals surface area contributed by atoms with E-state index in [0.29, 0.717) is 18.9 Å². The molecule has 0 aliphatic carbocycles. The smallest absolute Gasteiger partial charge is 0.348 e. The third-order valence-corrected chi connectivity index (χ3v) is 4.56. The van der Waals surface area contributed by atoms with E-state index in [-0.39, 0.29) is 5.91 Å². The Morgan fingerprint density at radius 1 is 1.33 bits per heavy atom. The van der Waals surface area contributed by atoms with E-state index in [0.717, 1.165) is 44.0 Å². The van der Waals surface area contributed by atoms with Crippen molar-refractivity contribution in [3.8, 4) is 0 Å². The predicted octanol–water partition coefficient (Wildman–Crippen LogP) is 3.44. The van der Waals surface area contributed by atoms with Crippen molar-refractivity contribution in [2.75, 3.05) is 33.7 Å². The summed E-state index contributed by atoms with van der Waals surface area (Å²) in [4.78, 5) is 15.6. The van der Waals surface area contributed by atoms with Crippen LogP contribution in [0, 0.1) is 5.92 Å². The lowest BCUT2D eigenvalue weighted by atomic mass is 9.91. The Kier molecular flexibility index (Phi) is 6.27. The van der Waals surface area contributed by atoms with Crippen LogP contribution in [0.1, 0.15) is 30.4 Å². The Morgan fingerprint density at radius 3 is 2.75 bits per heavy atom. The van der Waals surface area contributed by atoms with Gasteiger partial charge in [0.05, 0.1) is 12.1 Å². The summed E-state index contributed by atoms with van der Waals surface area (Å²) >= 11 is 0. The third kappa shape index (κ3) is 5.51. The second kappa shape index (κ2) is 8.01. The van der Waals surface area contributed by atoms with Gasteiger partial charge in [-0.25, -0.2) is 0 Å². The summed E-state index contributed by atoms with van der Waals surface area (Å²) in [6, 6.07) is 5.58. The van der Waals surface area contributed by atoms with Crippen molar-refractivity contribution in [3.63, 3.8) is 0 Å². The summed E-state index contributed by atoms with van der Waals surface area (Å²) in [5.74, 6) is 0.525. The minimum atomic E-state index is -4.29. The van der Waals surface area contributed by atoms with Gasteiger partial charge in [-0.05, 0) is 49.8 Å². The number of alkyl halides is 3. The molecule has 134 valence electrons. The van der Waals surface area contributed by atoms with Crippen molar-refractivity contribution in [1.82, 2.24) is 9.80 Å². The molecule has 0 spiro atoms. The molecule has 0 aromatic heterocycles. The van der Waals surface area contributed by atoms with Crippen LogP contribution in [0.2, 0.25) is 0 Å². The van der Waals surface area contributed by atoms with E-state index >= 15 is 0 Å². The summed E-state index contributed by atoms with van der Waals surface area (Å²) in [5.41, 5.74) is 0.146. The number of hydrogen-bond donors (Lipinski definition) is 0. The average molecular weight is 342 g/mol. The monoisotopic (exact) mass is 342 g/mol. The van der Waals surface area contributed by atoms with Gasteiger partial charge in [-0.15, -0.1) is 0 Å². The number of rotatable bonds is 5. The Morgan fingerprint density at radius 2 is 2.08 bits per heavy atom. The topological polar surface area (TPSA) is 23.6 Å². The van der Waals surface area contributed by atoms with Gasteiger partial charge < -0.3 is 4.90 Å². The van der Waals surface area contributed by atoms with Crippen LogP contribution < -0.4 is 0 Å². The molecule has 2 rings (SSSR count). The fraction of sp³-hybridized carbons (Fsp3) is 0.611. The number of carbonyl (C=O) groups excluding carboxylic acids is 1. The van der Waals surface area contributed by atoms with E-state index in [1.54, 1.807) is 25.1 Å². The molecule has 1 heterocycles. The Balaban J connectivity index is 1.87. The van der Waals surface area contributed by atoms with Crippen LogP contribution in [-0.4, -0.2) is 49.4 Å². The van der Waals surface area contributed by atoms with Crippen LogP contribution in [0.5, 0.6) is 0 Å². The lowest BCUT2D eigenvalue weighted by molar-refractivity contribution is -0.137. The first kappa shape index (κ1) is 18.8. The maximum absolute atomic E-state index is 12.8. The Bertz CT molecular complexity index is 557. The quantitative estimate of drug-likeness (QED) is 0.818. The van der Waals surface area contributed by atoms with Crippen LogP contribution in [0.3, 0.4) is 0 Å². The fourth-order valence-electron chi connectivity index (χ4n) is 3.14. The molecule has 1 saturated heterocycles. The molecular weight excluding hydrogens is 317 g/mol. The number of carbonyl (C=O) groups is 1. The van der Waals surface area contributed by atoms with Crippen molar-refractivity contribution in [2.24, 2.45) is 5.92 Å². The minimum Gasteiger partial charge on any atom is -0.348 e. The average Bonchev–Trinajstić information content (AvgIpc) is 2.52. The zero-order chi connectivity index (χ0) is 17.7. The van der Waals surface area contributed by atoms with E-state index in [9.17, 15) is 18.0 Å². The molecule has 1 aliphatic rings. The molecule has 1 aliphatic heterocycles. The first-order valence-corrected chi connectivity index (χ1v) is 8.34. The number of piperidine rings is 1. The molecule has 1 amide bonds. The highest BCUT2D eigenvalue weighted by Crippen LogP contribution is 2.30. The molecular formula is C18H25F3N2O. The summed E-state index contributed by atoms with van der Waals surface area (Å²) < 4.78 is 38.3. The van der Waals surface area contributed by atoms with Crippen LogP contribution >= 0.6 is 0 Å². The van der Waals surface area contributed by atoms with E-state index in [4.69, 9.17) is 0 Å². The molecule has 1 atom stereocenters. The maximum atomic E-state index is 12.8. The van der Waals surface area contributed by atoms with Crippen LogP contribution in [0.25, 0.3) is 0 Å². The van der Waals surface area contributed by atoms with Crippen LogP contribution in [-0.2, 0) is 17.4 Å². The zero-order valence-corrected chi connectivity index (χ0v) is 14.3. The third-order valence-electron chi connectivity index (χ3n) is 4.56. The molecule has 1 fully saturated rings. The number of aryl methyl sites for hydroxylation is 1. The van der Waals surface area contributed by atoms with Gasteiger partial charge in [-0.2, -0.15) is 13.2 Å². The van der Waals surface area contributed by atoms with Crippen molar-refractivity contribution in [2.45, 2.75) is 31.9 Å². The SMILES string of the molecule is CN(C)C(=O)CN1CCC[C@H](CCc2cccc(C(F)(F)F)c2)C1. The highest BCUT2D eigenvalue weighted by molar-refractivity contribution is 5.77. The number of nitrogens with zero attached hydrogens (tertiary/aromatic N) is 2. The van der Waals surface area contributed by atoms with Gasteiger partial charge in [0.15, 0.2) is 0 Å². The van der Waals surface area contributed by atoms with Gasteiger partial charge in [0.1, 0.15) is 0 Å². The molecule has 0 bridgehead atoms. The predicted molar refractivity (Wildman–Crippen MR) is 87.6 cm³/mol. The molecule has 24 heavy (non-hydrogen) atoms. The minimum absolute atomic E-state index is 0.0912. The highest BCUT2D eigenvalue weighted by Gasteiger charge is 2.30. The number of likely N-dealkylation sites (N-methyl/N-ethyl adjacent to an activating group) is 1. The van der Waals surface area contributed by atoms with E-state index in [1.807, 2.05) is 0 Å². The molecule has 0 saturated carbocycles. The van der Waals surface area contributed by atoms with Crippen LogP contribution in [0.4, 0.5) is 13.2 Å². The molecule has 6 heteroatoms. The molecule has 0 radical (unpaired) electrons. The second-order valence-corrected chi connectivity index (χ2v) is 6.77. The van der Waals surface area contributed by atoms with Crippen molar-refractivity contribution in [1.29, 1.82) is 0 Å². The summed E-state index contributed by atoms with van der Waals surface area (Å²) in [5, 5.41) is 0. The second-order valence-electron chi connectivity index (χ2n) is 6.77. The van der Waals surface area contributed by atoms with E-state index in [2.05, 4.69) is 4.90 Å². The number of benzene rings is 1. The first-order valence-electron chi connectivity index (χ1n) is 8.34. The van der Waals surface area contributed by atoms with Crippen molar-refractivity contribution in [3.05, 3.63) is 35.4 Å². The van der Waals surface area contributed by atoms with Gasteiger partial charge >= 0.3 is 6.18 Å². The van der Waals surface area contributed by atoms with Gasteiger partial charge in [-0.3, -0.25) is 9.69 Å². The van der Waals surface area contributed by atoms with E-state index in [1.165, 1.54) is 12.1 Å². The standard InChI is InChI=1S/C18H25F3N2O/c1-22(2)17(24)13-23-10-4-6-15(12-23)9-8-14-5-3-7-16(11-14)18(19,20)21/h3,5,7,11,15H,4,6,8-10,12-13H2,1-2H3/t15-/m1/s1. The Labute approximate surface area is 141 Å². The van der Waals surface area contributed by atoms with E-state index < -0.39 is 11.7 Å². The number of hydrogen-bond acceptors (Lipinski definition) is 2. The van der Waals surface area contributed by atoms with Gasteiger partial charge in [-0.1, -0.05) is 18.2 Å². The number of likely N-dealkylation sites (tertiary alicyclic amines) is 1.